The van der Waals surface area contributed by atoms with Crippen molar-refractivity contribution in [2.24, 2.45) is 0 Å². The third-order valence-electron chi connectivity index (χ3n) is 6.45. The summed E-state index contributed by atoms with van der Waals surface area (Å²) in [4.78, 5) is 31.4. The van der Waals surface area contributed by atoms with Gasteiger partial charge in [-0.25, -0.2) is 4.98 Å². The number of carbonyl (C=O) groups is 2. The molecule has 3 aromatic rings. The topological polar surface area (TPSA) is 93.5 Å². The average Bonchev–Trinajstić information content (AvgIpc) is 3.39. The van der Waals surface area contributed by atoms with E-state index in [1.807, 2.05) is 56.3 Å². The maximum absolute atomic E-state index is 13.6. The number of Topliss-reactive ketones (excluding diaryl/α,β-unsaturated/α-hetero) is 1. The summed E-state index contributed by atoms with van der Waals surface area (Å²) >= 11 is 0. The van der Waals surface area contributed by atoms with Crippen LogP contribution in [0.2, 0.25) is 0 Å². The molecule has 1 amide bonds. The summed E-state index contributed by atoms with van der Waals surface area (Å²) in [7, 11) is 0. The van der Waals surface area contributed by atoms with Crippen molar-refractivity contribution in [2.45, 2.75) is 38.5 Å². The van der Waals surface area contributed by atoms with Gasteiger partial charge in [0, 0.05) is 47.0 Å². The van der Waals surface area contributed by atoms with Crippen LogP contribution >= 0.6 is 0 Å². The van der Waals surface area contributed by atoms with Gasteiger partial charge in [0.1, 0.15) is 17.3 Å². The molecule has 2 N–H and O–H groups in total. The number of hydrogen-bond acceptors (Lipinski definition) is 6. The second-order valence-corrected chi connectivity index (χ2v) is 8.70. The van der Waals surface area contributed by atoms with E-state index >= 15 is 0 Å². The lowest BCUT2D eigenvalue weighted by molar-refractivity contribution is -0.116. The predicted molar refractivity (Wildman–Crippen MR) is 132 cm³/mol. The highest BCUT2D eigenvalue weighted by atomic mass is 16.5. The van der Waals surface area contributed by atoms with Gasteiger partial charge in [0.05, 0.1) is 12.9 Å². The van der Waals surface area contributed by atoms with Crippen molar-refractivity contribution < 1.29 is 18.7 Å². The minimum Gasteiger partial charge on any atom is -0.494 e. The third kappa shape index (κ3) is 4.49. The lowest BCUT2D eigenvalue weighted by Gasteiger charge is -2.36. The van der Waals surface area contributed by atoms with E-state index in [-0.39, 0.29) is 17.6 Å². The molecule has 2 aromatic heterocycles. The smallest absolute Gasteiger partial charge is 0.255 e. The van der Waals surface area contributed by atoms with E-state index in [2.05, 4.69) is 15.6 Å². The van der Waals surface area contributed by atoms with E-state index in [0.717, 1.165) is 22.8 Å². The molecule has 0 bridgehead atoms. The summed E-state index contributed by atoms with van der Waals surface area (Å²) in [5.74, 6) is 1.17. The summed E-state index contributed by atoms with van der Waals surface area (Å²) in [6.07, 6.45) is 4.22. The number of nitrogens with one attached hydrogen (secondary N) is 2. The van der Waals surface area contributed by atoms with E-state index in [0.29, 0.717) is 42.1 Å². The number of furan rings is 1. The first-order valence-electron chi connectivity index (χ1n) is 11.8. The number of carbonyl (C=O) groups excluding carboxylic acids is 2. The quantitative estimate of drug-likeness (QED) is 0.523. The molecule has 7 heteroatoms. The molecule has 1 aliphatic heterocycles. The van der Waals surface area contributed by atoms with Crippen LogP contribution in [-0.4, -0.2) is 23.3 Å². The number of ketones is 1. The van der Waals surface area contributed by atoms with Crippen molar-refractivity contribution in [1.29, 1.82) is 0 Å². The number of benzene rings is 1. The third-order valence-corrected chi connectivity index (χ3v) is 6.45. The van der Waals surface area contributed by atoms with Crippen LogP contribution in [0.4, 0.5) is 5.82 Å². The number of pyridine rings is 1. The van der Waals surface area contributed by atoms with Gasteiger partial charge in [-0.15, -0.1) is 0 Å². The second-order valence-electron chi connectivity index (χ2n) is 8.70. The van der Waals surface area contributed by atoms with Gasteiger partial charge in [0.15, 0.2) is 5.78 Å². The lowest BCUT2D eigenvalue weighted by atomic mass is 9.72. The van der Waals surface area contributed by atoms with Crippen LogP contribution in [0, 0.1) is 0 Å². The number of aromatic nitrogens is 1. The maximum atomic E-state index is 13.6. The van der Waals surface area contributed by atoms with Crippen molar-refractivity contribution in [3.05, 3.63) is 101 Å². The van der Waals surface area contributed by atoms with Gasteiger partial charge >= 0.3 is 0 Å². The van der Waals surface area contributed by atoms with Crippen molar-refractivity contribution in [3.8, 4) is 5.75 Å². The first kappa shape index (κ1) is 22.7. The van der Waals surface area contributed by atoms with Crippen LogP contribution in [0.25, 0.3) is 0 Å². The fraction of sp³-hybridized carbons (Fsp3) is 0.250. The molecule has 35 heavy (non-hydrogen) atoms. The van der Waals surface area contributed by atoms with Crippen molar-refractivity contribution >= 4 is 17.5 Å². The largest absolute Gasteiger partial charge is 0.494 e. The van der Waals surface area contributed by atoms with Crippen LogP contribution in [0.5, 0.6) is 5.75 Å². The number of allylic oxidation sites excluding steroid dienone is 3. The fourth-order valence-electron chi connectivity index (χ4n) is 4.94. The number of nitrogens with zero attached hydrogens (tertiary/aromatic N) is 1. The van der Waals surface area contributed by atoms with Crippen LogP contribution in [0.3, 0.4) is 0 Å². The van der Waals surface area contributed by atoms with E-state index in [1.165, 1.54) is 0 Å². The molecule has 0 saturated carbocycles. The highest BCUT2D eigenvalue weighted by Gasteiger charge is 2.41. The summed E-state index contributed by atoms with van der Waals surface area (Å²) < 4.78 is 11.2. The van der Waals surface area contributed by atoms with Gasteiger partial charge < -0.3 is 19.8 Å². The number of anilines is 1. The molecule has 2 atom stereocenters. The van der Waals surface area contributed by atoms with Gasteiger partial charge in [0.25, 0.3) is 5.91 Å². The standard InChI is InChI=1S/C28H27N3O4/c1-3-34-20-11-9-18(10-12-20)26-25(28(33)31-24-8-4-5-13-29-24)17(2)30-21-15-19(16-22(32)27(21)26)23-7-6-14-35-23/h4-14,19,26,30H,3,15-16H2,1-2H3,(H,29,31,33)/t19-,26-/m1/s1. The Balaban J connectivity index is 1.56. The maximum Gasteiger partial charge on any atom is 0.255 e. The van der Waals surface area contributed by atoms with Crippen molar-refractivity contribution in [1.82, 2.24) is 10.3 Å². The van der Waals surface area contributed by atoms with Crippen LogP contribution < -0.4 is 15.4 Å². The SMILES string of the molecule is CCOc1ccc([C@@H]2C(C(=O)Nc3ccccn3)=C(C)NC3=C2C(=O)C[C@H](c2ccco2)C3)cc1. The Kier molecular flexibility index (Phi) is 6.23. The molecule has 0 unspecified atom stereocenters. The number of rotatable bonds is 6. The van der Waals surface area contributed by atoms with E-state index in [9.17, 15) is 9.59 Å². The van der Waals surface area contributed by atoms with Crippen LogP contribution in [0.1, 0.15) is 49.8 Å². The van der Waals surface area contributed by atoms with E-state index in [4.69, 9.17) is 9.15 Å². The number of dihydropyridines is 1. The molecule has 3 heterocycles. The Morgan fingerprint density at radius 3 is 2.66 bits per heavy atom. The normalized spacial score (nSPS) is 19.8. The number of ether oxygens (including phenoxy) is 1. The Hall–Kier alpha value is -4.13. The Morgan fingerprint density at radius 1 is 1.14 bits per heavy atom. The predicted octanol–water partition coefficient (Wildman–Crippen LogP) is 5.07. The summed E-state index contributed by atoms with van der Waals surface area (Å²) in [5, 5.41) is 6.27. The lowest BCUT2D eigenvalue weighted by Crippen LogP contribution is -2.37. The van der Waals surface area contributed by atoms with Gasteiger partial charge in [-0.3, -0.25) is 9.59 Å². The first-order chi connectivity index (χ1) is 17.0. The Labute approximate surface area is 203 Å². The fourth-order valence-corrected chi connectivity index (χ4v) is 4.94. The van der Waals surface area contributed by atoms with E-state index < -0.39 is 5.92 Å². The number of amides is 1. The zero-order chi connectivity index (χ0) is 24.4. The minimum atomic E-state index is -0.504. The van der Waals surface area contributed by atoms with Gasteiger partial charge in [0.2, 0.25) is 0 Å². The zero-order valence-corrected chi connectivity index (χ0v) is 19.7. The van der Waals surface area contributed by atoms with Gasteiger partial charge in [-0.1, -0.05) is 18.2 Å². The second kappa shape index (κ2) is 9.62. The van der Waals surface area contributed by atoms with Crippen molar-refractivity contribution in [2.75, 3.05) is 11.9 Å². The Bertz CT molecular complexity index is 1290. The molecular weight excluding hydrogens is 442 g/mol. The molecule has 0 fully saturated rings. The van der Waals surface area contributed by atoms with E-state index in [1.54, 1.807) is 24.6 Å². The van der Waals surface area contributed by atoms with Crippen LogP contribution in [0.15, 0.2) is 94.0 Å². The molecule has 1 aliphatic carbocycles. The molecule has 0 saturated heterocycles. The average molecular weight is 470 g/mol. The summed E-state index contributed by atoms with van der Waals surface area (Å²) in [5.41, 5.74) is 3.55. The van der Waals surface area contributed by atoms with Gasteiger partial charge in [-0.05, 0) is 62.2 Å². The summed E-state index contributed by atoms with van der Waals surface area (Å²) in [6, 6.07) is 16.7. The molecular formula is C28H27N3O4. The highest BCUT2D eigenvalue weighted by Crippen LogP contribution is 2.45. The minimum absolute atomic E-state index is 0.00895. The monoisotopic (exact) mass is 469 g/mol. The van der Waals surface area contributed by atoms with Crippen molar-refractivity contribution in [3.63, 3.8) is 0 Å². The molecule has 0 spiro atoms. The summed E-state index contributed by atoms with van der Waals surface area (Å²) in [6.45, 7) is 4.37. The molecule has 7 nitrogen and oxygen atoms in total. The molecule has 0 radical (unpaired) electrons. The highest BCUT2D eigenvalue weighted by molar-refractivity contribution is 6.09. The first-order valence-corrected chi connectivity index (χ1v) is 11.8. The Morgan fingerprint density at radius 2 is 1.97 bits per heavy atom. The van der Waals surface area contributed by atoms with Crippen LogP contribution in [-0.2, 0) is 9.59 Å². The molecule has 2 aliphatic rings. The van der Waals surface area contributed by atoms with Gasteiger partial charge in [-0.2, -0.15) is 0 Å². The zero-order valence-electron chi connectivity index (χ0n) is 19.7. The molecule has 5 rings (SSSR count). The molecule has 1 aromatic carbocycles. The number of hydrogen-bond donors (Lipinski definition) is 2. The molecule has 178 valence electrons.